The Morgan fingerprint density at radius 3 is 2.24 bits per heavy atom. The van der Waals surface area contributed by atoms with Crippen LogP contribution in [0.1, 0.15) is 12.8 Å². The molecule has 0 radical (unpaired) electrons. The molecule has 6 heteroatoms. The Labute approximate surface area is 102 Å². The molecule has 102 valence electrons. The minimum atomic E-state index is -0.103. The molecule has 0 aliphatic carbocycles. The van der Waals surface area contributed by atoms with Crippen molar-refractivity contribution in [2.24, 2.45) is 0 Å². The number of ether oxygens (including phenoxy) is 2. The number of nitrogens with zero attached hydrogens (tertiary/aromatic N) is 1. The maximum absolute atomic E-state index is 11.5. The highest BCUT2D eigenvalue weighted by molar-refractivity contribution is 5.77. The van der Waals surface area contributed by atoms with Crippen LogP contribution in [0.2, 0.25) is 0 Å². The highest BCUT2D eigenvalue weighted by Crippen LogP contribution is 1.90. The molecule has 2 N–H and O–H groups in total. The van der Waals surface area contributed by atoms with E-state index in [1.807, 2.05) is 0 Å². The van der Waals surface area contributed by atoms with Gasteiger partial charge in [-0.1, -0.05) is 0 Å². The van der Waals surface area contributed by atoms with E-state index in [9.17, 15) is 4.79 Å². The Bertz CT molecular complexity index is 189. The SMILES string of the molecule is CN(CCOCCCO)C(=O)COCCCO. The summed E-state index contributed by atoms with van der Waals surface area (Å²) < 4.78 is 10.3. The summed E-state index contributed by atoms with van der Waals surface area (Å²) in [5.41, 5.74) is 0. The number of carbonyl (C=O) groups excluding carboxylic acids is 1. The minimum absolute atomic E-state index is 0.0349. The topological polar surface area (TPSA) is 79.2 Å². The van der Waals surface area contributed by atoms with E-state index >= 15 is 0 Å². The van der Waals surface area contributed by atoms with Crippen LogP contribution in [0.5, 0.6) is 0 Å². The van der Waals surface area contributed by atoms with Gasteiger partial charge in [0.15, 0.2) is 0 Å². The minimum Gasteiger partial charge on any atom is -0.396 e. The van der Waals surface area contributed by atoms with Crippen molar-refractivity contribution in [3.8, 4) is 0 Å². The highest BCUT2D eigenvalue weighted by Gasteiger charge is 2.07. The second kappa shape index (κ2) is 11.8. The van der Waals surface area contributed by atoms with Gasteiger partial charge < -0.3 is 24.6 Å². The summed E-state index contributed by atoms with van der Waals surface area (Å²) in [6, 6.07) is 0. The van der Waals surface area contributed by atoms with Crippen LogP contribution in [-0.2, 0) is 14.3 Å². The molecule has 0 saturated carbocycles. The summed E-state index contributed by atoms with van der Waals surface area (Å²) >= 11 is 0. The van der Waals surface area contributed by atoms with E-state index in [2.05, 4.69) is 0 Å². The first kappa shape index (κ1) is 16.3. The Kier molecular flexibility index (Phi) is 11.3. The van der Waals surface area contributed by atoms with Gasteiger partial charge in [-0.15, -0.1) is 0 Å². The Morgan fingerprint density at radius 1 is 1.06 bits per heavy atom. The summed E-state index contributed by atoms with van der Waals surface area (Å²) in [6.07, 6.45) is 1.16. The smallest absolute Gasteiger partial charge is 0.248 e. The molecule has 0 spiro atoms. The molecule has 0 aromatic rings. The van der Waals surface area contributed by atoms with E-state index in [0.717, 1.165) is 0 Å². The van der Waals surface area contributed by atoms with Crippen LogP contribution >= 0.6 is 0 Å². The van der Waals surface area contributed by atoms with Crippen molar-refractivity contribution in [3.05, 3.63) is 0 Å². The van der Waals surface area contributed by atoms with E-state index in [-0.39, 0.29) is 25.7 Å². The van der Waals surface area contributed by atoms with Crippen LogP contribution in [0.4, 0.5) is 0 Å². The molecule has 0 aromatic heterocycles. The third kappa shape index (κ3) is 10.2. The number of likely N-dealkylation sites (N-methyl/N-ethyl adjacent to an activating group) is 1. The Morgan fingerprint density at radius 2 is 1.65 bits per heavy atom. The van der Waals surface area contributed by atoms with Crippen LogP contribution in [0.15, 0.2) is 0 Å². The molecule has 0 rings (SSSR count). The second-order valence-electron chi connectivity index (χ2n) is 3.63. The molecule has 0 atom stereocenters. The second-order valence-corrected chi connectivity index (χ2v) is 3.63. The average molecular weight is 249 g/mol. The summed E-state index contributed by atoms with van der Waals surface area (Å²) in [5.74, 6) is -0.103. The quantitative estimate of drug-likeness (QED) is 0.471. The third-order valence-corrected chi connectivity index (χ3v) is 2.12. The molecule has 1 amide bonds. The number of amides is 1. The molecule has 6 nitrogen and oxygen atoms in total. The van der Waals surface area contributed by atoms with Gasteiger partial charge in [0.2, 0.25) is 5.91 Å². The molecule has 0 aromatic carbocycles. The van der Waals surface area contributed by atoms with Gasteiger partial charge >= 0.3 is 0 Å². The first-order valence-electron chi connectivity index (χ1n) is 5.83. The molecule has 0 heterocycles. The standard InChI is InChI=1S/C11H23NO5/c1-12(4-9-16-7-2-5-13)11(15)10-17-8-3-6-14/h13-14H,2-10H2,1H3. The maximum atomic E-state index is 11.5. The lowest BCUT2D eigenvalue weighted by molar-refractivity contribution is -0.135. The lowest BCUT2D eigenvalue weighted by Gasteiger charge is -2.17. The fourth-order valence-corrected chi connectivity index (χ4v) is 1.03. The molecule has 0 saturated heterocycles. The monoisotopic (exact) mass is 249 g/mol. The summed E-state index contributed by atoms with van der Waals surface area (Å²) in [6.45, 7) is 2.09. The number of aliphatic hydroxyl groups excluding tert-OH is 2. The zero-order valence-corrected chi connectivity index (χ0v) is 10.4. The van der Waals surface area contributed by atoms with Gasteiger partial charge in [0.25, 0.3) is 0 Å². The van der Waals surface area contributed by atoms with Crippen molar-refractivity contribution in [1.82, 2.24) is 4.90 Å². The van der Waals surface area contributed by atoms with Crippen molar-refractivity contribution in [3.63, 3.8) is 0 Å². The molecule has 0 aliphatic heterocycles. The number of rotatable bonds is 11. The first-order valence-corrected chi connectivity index (χ1v) is 5.83. The van der Waals surface area contributed by atoms with E-state index in [1.54, 1.807) is 7.05 Å². The van der Waals surface area contributed by atoms with Crippen molar-refractivity contribution in [1.29, 1.82) is 0 Å². The van der Waals surface area contributed by atoms with Crippen molar-refractivity contribution in [2.45, 2.75) is 12.8 Å². The zero-order chi connectivity index (χ0) is 12.9. The van der Waals surface area contributed by atoms with Crippen molar-refractivity contribution < 1.29 is 24.5 Å². The lowest BCUT2D eigenvalue weighted by Crippen LogP contribution is -2.33. The summed E-state index contributed by atoms with van der Waals surface area (Å²) in [4.78, 5) is 13.0. The molecular weight excluding hydrogens is 226 g/mol. The number of aliphatic hydroxyl groups is 2. The molecule has 0 bridgehead atoms. The number of hydrogen-bond donors (Lipinski definition) is 2. The van der Waals surface area contributed by atoms with E-state index in [0.29, 0.717) is 39.2 Å². The molecule has 17 heavy (non-hydrogen) atoms. The van der Waals surface area contributed by atoms with Crippen molar-refractivity contribution in [2.75, 3.05) is 53.2 Å². The van der Waals surface area contributed by atoms with Gasteiger partial charge in [-0.2, -0.15) is 0 Å². The summed E-state index contributed by atoms with van der Waals surface area (Å²) in [5, 5.41) is 17.0. The van der Waals surface area contributed by atoms with Gasteiger partial charge in [0.1, 0.15) is 6.61 Å². The summed E-state index contributed by atoms with van der Waals surface area (Å²) in [7, 11) is 1.69. The first-order chi connectivity index (χ1) is 8.22. The molecule has 0 unspecified atom stereocenters. The van der Waals surface area contributed by atoms with Gasteiger partial charge in [0.05, 0.1) is 6.61 Å². The highest BCUT2D eigenvalue weighted by atomic mass is 16.5. The predicted octanol–water partition coefficient (Wildman–Crippen LogP) is -0.757. The van der Waals surface area contributed by atoms with Gasteiger partial charge in [-0.3, -0.25) is 4.79 Å². The molecule has 0 aliphatic rings. The Hall–Kier alpha value is -0.690. The fourth-order valence-electron chi connectivity index (χ4n) is 1.03. The average Bonchev–Trinajstić information content (AvgIpc) is 2.34. The Balaban J connectivity index is 3.40. The van der Waals surface area contributed by atoms with E-state index in [4.69, 9.17) is 19.7 Å². The molecular formula is C11H23NO5. The van der Waals surface area contributed by atoms with Gasteiger partial charge in [0, 0.05) is 40.0 Å². The maximum Gasteiger partial charge on any atom is 0.248 e. The third-order valence-electron chi connectivity index (χ3n) is 2.12. The van der Waals surface area contributed by atoms with Crippen molar-refractivity contribution >= 4 is 5.91 Å². The number of hydrogen-bond acceptors (Lipinski definition) is 5. The predicted molar refractivity (Wildman–Crippen MR) is 62.7 cm³/mol. The van der Waals surface area contributed by atoms with Crippen LogP contribution in [0.3, 0.4) is 0 Å². The van der Waals surface area contributed by atoms with Crippen LogP contribution in [0, 0.1) is 0 Å². The van der Waals surface area contributed by atoms with E-state index in [1.165, 1.54) is 4.90 Å². The number of carbonyl (C=O) groups is 1. The normalized spacial score (nSPS) is 10.5. The van der Waals surface area contributed by atoms with E-state index < -0.39 is 0 Å². The zero-order valence-electron chi connectivity index (χ0n) is 10.4. The van der Waals surface area contributed by atoms with Crippen LogP contribution in [0.25, 0.3) is 0 Å². The van der Waals surface area contributed by atoms with Crippen LogP contribution in [-0.4, -0.2) is 74.3 Å². The lowest BCUT2D eigenvalue weighted by atomic mass is 10.5. The fraction of sp³-hybridized carbons (Fsp3) is 0.909. The molecule has 0 fully saturated rings. The van der Waals surface area contributed by atoms with Crippen LogP contribution < -0.4 is 0 Å². The van der Waals surface area contributed by atoms with Gasteiger partial charge in [-0.25, -0.2) is 0 Å². The largest absolute Gasteiger partial charge is 0.396 e. The van der Waals surface area contributed by atoms with Gasteiger partial charge in [-0.05, 0) is 12.8 Å².